The van der Waals surface area contributed by atoms with E-state index in [0.29, 0.717) is 5.92 Å². The largest absolute Gasteiger partial charge is 0.357 e. The Balaban J connectivity index is 1.90. The Bertz CT molecular complexity index is 984. The molecule has 0 saturated heterocycles. The maximum absolute atomic E-state index is 12.7. The highest BCUT2D eigenvalue weighted by molar-refractivity contribution is 5.82. The summed E-state index contributed by atoms with van der Waals surface area (Å²) in [5.41, 5.74) is 6.81. The molecule has 0 unspecified atom stereocenters. The molecule has 0 fully saturated rings. The van der Waals surface area contributed by atoms with Crippen LogP contribution < -0.4 is 5.43 Å². The van der Waals surface area contributed by atoms with E-state index in [1.807, 2.05) is 6.92 Å². The molecule has 142 valence electrons. The molecule has 1 heterocycles. The number of hydrogen-bond acceptors (Lipinski definition) is 2. The highest BCUT2D eigenvalue weighted by atomic mass is 16.1. The number of rotatable bonds is 6. The Labute approximate surface area is 162 Å². The van der Waals surface area contributed by atoms with Gasteiger partial charge in [-0.05, 0) is 49.4 Å². The van der Waals surface area contributed by atoms with Crippen LogP contribution in [0.15, 0.2) is 47.3 Å². The minimum Gasteiger partial charge on any atom is -0.357 e. The quantitative estimate of drug-likeness (QED) is 0.661. The summed E-state index contributed by atoms with van der Waals surface area (Å²) < 4.78 is 0. The lowest BCUT2D eigenvalue weighted by Crippen LogP contribution is -2.28. The number of aromatic nitrogens is 1. The number of benzene rings is 2. The van der Waals surface area contributed by atoms with Crippen molar-refractivity contribution in [3.8, 4) is 0 Å². The molecule has 3 nitrogen and oxygen atoms in total. The van der Waals surface area contributed by atoms with Gasteiger partial charge in [0.25, 0.3) is 0 Å². The first-order chi connectivity index (χ1) is 12.8. The van der Waals surface area contributed by atoms with E-state index in [4.69, 9.17) is 0 Å². The zero-order valence-corrected chi connectivity index (χ0v) is 17.1. The molecule has 0 radical (unpaired) electrons. The molecule has 0 amide bonds. The van der Waals surface area contributed by atoms with Crippen molar-refractivity contribution >= 4 is 10.9 Å². The fraction of sp³-hybridized carbons (Fsp3) is 0.375. The van der Waals surface area contributed by atoms with E-state index >= 15 is 0 Å². The number of aromatic amines is 1. The minimum absolute atomic E-state index is 0.107. The van der Waals surface area contributed by atoms with Crippen LogP contribution >= 0.6 is 0 Å². The standard InChI is InChI=1S/C24H30N2O/c1-16(2)13-26(14-20-8-6-17(3)7-9-20)15-21-12-23(27)24-19(5)10-18(4)11-22(24)25-21/h6-12,16H,13-15H2,1-5H3,(H,25,27). The van der Waals surface area contributed by atoms with E-state index < -0.39 is 0 Å². The molecule has 3 aromatic rings. The van der Waals surface area contributed by atoms with Gasteiger partial charge in [-0.2, -0.15) is 0 Å². The number of aryl methyl sites for hydroxylation is 3. The number of H-pyrrole nitrogens is 1. The van der Waals surface area contributed by atoms with Crippen molar-refractivity contribution in [2.45, 2.75) is 47.7 Å². The molecule has 27 heavy (non-hydrogen) atoms. The van der Waals surface area contributed by atoms with Crippen LogP contribution in [0, 0.1) is 26.7 Å². The van der Waals surface area contributed by atoms with Crippen LogP contribution in [0.25, 0.3) is 10.9 Å². The molecule has 3 rings (SSSR count). The molecule has 0 atom stereocenters. The first-order valence-electron chi connectivity index (χ1n) is 9.73. The topological polar surface area (TPSA) is 36.1 Å². The second kappa shape index (κ2) is 8.10. The van der Waals surface area contributed by atoms with Gasteiger partial charge in [0.1, 0.15) is 0 Å². The third kappa shape index (κ3) is 4.86. The van der Waals surface area contributed by atoms with E-state index in [1.165, 1.54) is 16.7 Å². The van der Waals surface area contributed by atoms with Crippen molar-refractivity contribution in [3.63, 3.8) is 0 Å². The van der Waals surface area contributed by atoms with Crippen LogP contribution in [-0.2, 0) is 13.1 Å². The molecular formula is C24H30N2O. The van der Waals surface area contributed by atoms with Crippen molar-refractivity contribution in [3.05, 3.63) is 80.6 Å². The molecule has 0 bridgehead atoms. The lowest BCUT2D eigenvalue weighted by molar-refractivity contribution is 0.225. The Morgan fingerprint density at radius 3 is 2.30 bits per heavy atom. The predicted molar refractivity (Wildman–Crippen MR) is 114 cm³/mol. The Morgan fingerprint density at radius 1 is 0.926 bits per heavy atom. The van der Waals surface area contributed by atoms with Crippen molar-refractivity contribution in [1.82, 2.24) is 9.88 Å². The van der Waals surface area contributed by atoms with Crippen molar-refractivity contribution in [1.29, 1.82) is 0 Å². The minimum atomic E-state index is 0.107. The summed E-state index contributed by atoms with van der Waals surface area (Å²) in [5, 5.41) is 0.804. The first kappa shape index (κ1) is 19.4. The SMILES string of the molecule is Cc1ccc(CN(Cc2cc(=O)c3c(C)cc(C)cc3[nH]2)CC(C)C)cc1. The number of nitrogens with one attached hydrogen (secondary N) is 1. The second-order valence-corrected chi connectivity index (χ2v) is 8.21. The number of fused-ring (bicyclic) bond motifs is 1. The fourth-order valence-electron chi connectivity index (χ4n) is 3.81. The maximum Gasteiger partial charge on any atom is 0.189 e. The fourth-order valence-corrected chi connectivity index (χ4v) is 3.81. The van der Waals surface area contributed by atoms with Gasteiger partial charge < -0.3 is 4.98 Å². The molecule has 0 aliphatic carbocycles. The average Bonchev–Trinajstić information content (AvgIpc) is 2.55. The molecule has 0 aliphatic heterocycles. The van der Waals surface area contributed by atoms with Gasteiger partial charge in [0.15, 0.2) is 5.43 Å². The Hall–Kier alpha value is -2.39. The van der Waals surface area contributed by atoms with E-state index in [-0.39, 0.29) is 5.43 Å². The maximum atomic E-state index is 12.7. The smallest absolute Gasteiger partial charge is 0.189 e. The molecule has 2 aromatic carbocycles. The third-order valence-corrected chi connectivity index (χ3v) is 4.87. The zero-order chi connectivity index (χ0) is 19.6. The van der Waals surface area contributed by atoms with Crippen molar-refractivity contribution < 1.29 is 0 Å². The number of pyridine rings is 1. The van der Waals surface area contributed by atoms with E-state index in [0.717, 1.165) is 41.8 Å². The monoisotopic (exact) mass is 362 g/mol. The predicted octanol–water partition coefficient (Wildman–Crippen LogP) is 5.11. The van der Waals surface area contributed by atoms with Gasteiger partial charge in [0, 0.05) is 36.8 Å². The summed E-state index contributed by atoms with van der Waals surface area (Å²) in [6.45, 7) is 13.3. The van der Waals surface area contributed by atoms with Gasteiger partial charge in [-0.3, -0.25) is 9.69 Å². The van der Waals surface area contributed by atoms with Crippen LogP contribution in [0.1, 0.15) is 41.8 Å². The van der Waals surface area contributed by atoms with Crippen LogP contribution in [-0.4, -0.2) is 16.4 Å². The first-order valence-corrected chi connectivity index (χ1v) is 9.73. The molecular weight excluding hydrogens is 332 g/mol. The van der Waals surface area contributed by atoms with Crippen molar-refractivity contribution in [2.75, 3.05) is 6.54 Å². The summed E-state index contributed by atoms with van der Waals surface area (Å²) in [4.78, 5) is 18.6. The molecule has 1 aromatic heterocycles. The van der Waals surface area contributed by atoms with Crippen LogP contribution in [0.2, 0.25) is 0 Å². The third-order valence-electron chi connectivity index (χ3n) is 4.87. The van der Waals surface area contributed by atoms with Crippen LogP contribution in [0.5, 0.6) is 0 Å². The van der Waals surface area contributed by atoms with Crippen LogP contribution in [0.3, 0.4) is 0 Å². The summed E-state index contributed by atoms with van der Waals surface area (Å²) in [6, 6.07) is 14.6. The van der Waals surface area contributed by atoms with E-state index in [9.17, 15) is 4.79 Å². The Morgan fingerprint density at radius 2 is 1.63 bits per heavy atom. The molecule has 0 saturated carbocycles. The van der Waals surface area contributed by atoms with Gasteiger partial charge >= 0.3 is 0 Å². The number of hydrogen-bond donors (Lipinski definition) is 1. The summed E-state index contributed by atoms with van der Waals surface area (Å²) in [6.07, 6.45) is 0. The average molecular weight is 363 g/mol. The van der Waals surface area contributed by atoms with Gasteiger partial charge in [0.2, 0.25) is 0 Å². The molecule has 3 heteroatoms. The number of nitrogens with zero attached hydrogens (tertiary/aromatic N) is 1. The van der Waals surface area contributed by atoms with Gasteiger partial charge in [-0.15, -0.1) is 0 Å². The van der Waals surface area contributed by atoms with Gasteiger partial charge in [0.05, 0.1) is 5.52 Å². The molecule has 0 aliphatic rings. The summed E-state index contributed by atoms with van der Waals surface area (Å²) >= 11 is 0. The summed E-state index contributed by atoms with van der Waals surface area (Å²) in [7, 11) is 0. The normalized spacial score (nSPS) is 11.7. The molecule has 1 N–H and O–H groups in total. The summed E-state index contributed by atoms with van der Waals surface area (Å²) in [5.74, 6) is 0.562. The van der Waals surface area contributed by atoms with E-state index in [1.54, 1.807) is 6.07 Å². The highest BCUT2D eigenvalue weighted by Crippen LogP contribution is 2.18. The van der Waals surface area contributed by atoms with Crippen LogP contribution in [0.4, 0.5) is 0 Å². The zero-order valence-electron chi connectivity index (χ0n) is 17.1. The van der Waals surface area contributed by atoms with Gasteiger partial charge in [-0.1, -0.05) is 49.7 Å². The lowest BCUT2D eigenvalue weighted by atomic mass is 10.0. The second-order valence-electron chi connectivity index (χ2n) is 8.21. The van der Waals surface area contributed by atoms with E-state index in [2.05, 4.69) is 74.0 Å². The lowest BCUT2D eigenvalue weighted by Gasteiger charge is -2.24. The highest BCUT2D eigenvalue weighted by Gasteiger charge is 2.12. The Kier molecular flexibility index (Phi) is 5.81. The van der Waals surface area contributed by atoms with Gasteiger partial charge in [-0.25, -0.2) is 0 Å². The molecule has 0 spiro atoms. The van der Waals surface area contributed by atoms with Crippen molar-refractivity contribution in [2.24, 2.45) is 5.92 Å².